The molecule has 1 amide bonds. The van der Waals surface area contributed by atoms with Crippen molar-refractivity contribution >= 4 is 40.7 Å². The van der Waals surface area contributed by atoms with Crippen LogP contribution in [0.5, 0.6) is 0 Å². The zero-order valence-electron chi connectivity index (χ0n) is 20.9. The highest BCUT2D eigenvalue weighted by Crippen LogP contribution is 2.25. The maximum atomic E-state index is 13.6. The molecular formula is C27H29ClN6O3. The van der Waals surface area contributed by atoms with Crippen LogP contribution in [0.4, 0.5) is 11.5 Å². The van der Waals surface area contributed by atoms with Gasteiger partial charge >= 0.3 is 0 Å². The van der Waals surface area contributed by atoms with Crippen LogP contribution < -0.4 is 20.7 Å². The Labute approximate surface area is 220 Å². The van der Waals surface area contributed by atoms with Gasteiger partial charge in [-0.3, -0.25) is 14.0 Å². The zero-order chi connectivity index (χ0) is 26.4. The van der Waals surface area contributed by atoms with Crippen molar-refractivity contribution in [2.75, 3.05) is 56.2 Å². The number of halogens is 1. The number of nitriles is 1. The van der Waals surface area contributed by atoms with E-state index < -0.39 is 5.91 Å². The average molecular weight is 521 g/mol. The molecule has 192 valence electrons. The third-order valence-electron chi connectivity index (χ3n) is 6.28. The molecule has 0 atom stereocenters. The molecule has 1 fully saturated rings. The molecule has 9 nitrogen and oxygen atoms in total. The Balaban J connectivity index is 1.69. The summed E-state index contributed by atoms with van der Waals surface area (Å²) in [5.74, 6) is -0.0750. The quantitative estimate of drug-likeness (QED) is 0.276. The van der Waals surface area contributed by atoms with Crippen molar-refractivity contribution in [3.63, 3.8) is 0 Å². The summed E-state index contributed by atoms with van der Waals surface area (Å²) in [6.07, 6.45) is 3.61. The summed E-state index contributed by atoms with van der Waals surface area (Å²) in [7, 11) is 1.58. The predicted octanol–water partition coefficient (Wildman–Crippen LogP) is 3.04. The van der Waals surface area contributed by atoms with E-state index in [1.807, 2.05) is 48.2 Å². The van der Waals surface area contributed by atoms with E-state index in [2.05, 4.69) is 10.2 Å². The van der Waals surface area contributed by atoms with Gasteiger partial charge in [-0.15, -0.1) is 0 Å². The molecule has 0 saturated carbocycles. The van der Waals surface area contributed by atoms with Gasteiger partial charge in [-0.2, -0.15) is 5.26 Å². The Bertz CT molecular complexity index is 1420. The molecule has 0 unspecified atom stereocenters. The van der Waals surface area contributed by atoms with E-state index in [4.69, 9.17) is 21.3 Å². The van der Waals surface area contributed by atoms with Crippen LogP contribution in [-0.4, -0.2) is 61.7 Å². The molecule has 37 heavy (non-hydrogen) atoms. The van der Waals surface area contributed by atoms with Gasteiger partial charge < -0.3 is 19.9 Å². The molecule has 0 spiro atoms. The van der Waals surface area contributed by atoms with Gasteiger partial charge in [-0.05, 0) is 49.2 Å². The van der Waals surface area contributed by atoms with E-state index in [0.717, 1.165) is 11.3 Å². The number of aryl methyl sites for hydroxylation is 1. The number of carbonyl (C=O) groups excluding carboxylic acids is 1. The molecule has 1 aliphatic rings. The van der Waals surface area contributed by atoms with Gasteiger partial charge in [0.15, 0.2) is 0 Å². The highest BCUT2D eigenvalue weighted by atomic mass is 35.5. The summed E-state index contributed by atoms with van der Waals surface area (Å²) in [5.41, 5.74) is 2.16. The number of aromatic nitrogens is 2. The number of benzene rings is 1. The number of ether oxygens (including phenoxy) is 1. The summed E-state index contributed by atoms with van der Waals surface area (Å²) in [4.78, 5) is 35.4. The zero-order valence-corrected chi connectivity index (χ0v) is 21.7. The fraction of sp³-hybridized carbons (Fsp3) is 0.333. The van der Waals surface area contributed by atoms with Crippen LogP contribution in [0.1, 0.15) is 17.5 Å². The largest absolute Gasteiger partial charge is 0.385 e. The minimum Gasteiger partial charge on any atom is -0.385 e. The Morgan fingerprint density at radius 2 is 1.97 bits per heavy atom. The van der Waals surface area contributed by atoms with Gasteiger partial charge in [0.05, 0.1) is 5.56 Å². The maximum absolute atomic E-state index is 13.6. The van der Waals surface area contributed by atoms with Crippen LogP contribution in [0, 0.1) is 18.3 Å². The van der Waals surface area contributed by atoms with Crippen molar-refractivity contribution in [1.29, 1.82) is 5.26 Å². The normalized spacial score (nSPS) is 14.1. The molecular weight excluding hydrogens is 492 g/mol. The molecule has 1 N–H and O–H groups in total. The lowest BCUT2D eigenvalue weighted by Crippen LogP contribution is -2.47. The molecule has 3 heterocycles. The highest BCUT2D eigenvalue weighted by molar-refractivity contribution is 6.30. The maximum Gasteiger partial charge on any atom is 0.267 e. The smallest absolute Gasteiger partial charge is 0.267 e. The Kier molecular flexibility index (Phi) is 8.43. The molecule has 0 aliphatic carbocycles. The number of hydrogen-bond donors (Lipinski definition) is 1. The van der Waals surface area contributed by atoms with Crippen LogP contribution in [0.2, 0.25) is 5.02 Å². The number of nitrogens with zero attached hydrogens (tertiary/aromatic N) is 5. The van der Waals surface area contributed by atoms with Crippen molar-refractivity contribution in [3.8, 4) is 6.07 Å². The van der Waals surface area contributed by atoms with Crippen molar-refractivity contribution < 1.29 is 9.53 Å². The average Bonchev–Trinajstić information content (AvgIpc) is 2.91. The van der Waals surface area contributed by atoms with E-state index >= 15 is 0 Å². The molecule has 1 aliphatic heterocycles. The third kappa shape index (κ3) is 5.93. The number of fused-ring (bicyclic) bond motifs is 1. The first-order valence-electron chi connectivity index (χ1n) is 12.1. The van der Waals surface area contributed by atoms with E-state index in [1.54, 1.807) is 19.4 Å². The first kappa shape index (κ1) is 26.2. The molecule has 0 radical (unpaired) electrons. The topological polar surface area (TPSA) is 103 Å². The van der Waals surface area contributed by atoms with Gasteiger partial charge in [0.25, 0.3) is 11.5 Å². The number of anilines is 2. The minimum absolute atomic E-state index is 0.150. The van der Waals surface area contributed by atoms with Gasteiger partial charge in [-0.1, -0.05) is 23.7 Å². The van der Waals surface area contributed by atoms with Gasteiger partial charge in [-0.25, -0.2) is 4.98 Å². The number of hydrogen-bond acceptors (Lipinski definition) is 7. The number of pyridine rings is 1. The number of carbonyl (C=O) groups is 1. The van der Waals surface area contributed by atoms with E-state index in [-0.39, 0.29) is 16.7 Å². The summed E-state index contributed by atoms with van der Waals surface area (Å²) >= 11 is 6.18. The standard InChI is InChI=1S/C27H29ClN6O3/c1-19-6-4-10-34-24(19)31-25(33-13-11-32(12-14-33)22-8-3-7-21(28)17-22)23(27(34)36)16-20(18-29)26(35)30-9-5-15-37-2/h3-4,6-8,10,16-17H,5,9,11-15H2,1-2H3,(H,30,35)/b20-16+. The van der Waals surface area contributed by atoms with Crippen LogP contribution in [0.15, 0.2) is 53.0 Å². The first-order valence-corrected chi connectivity index (χ1v) is 12.5. The molecule has 0 bridgehead atoms. The molecule has 1 aromatic carbocycles. The van der Waals surface area contributed by atoms with Crippen LogP contribution in [0.25, 0.3) is 11.7 Å². The van der Waals surface area contributed by atoms with Gasteiger partial charge in [0.2, 0.25) is 0 Å². The summed E-state index contributed by atoms with van der Waals surface area (Å²) < 4.78 is 6.45. The lowest BCUT2D eigenvalue weighted by atomic mass is 10.1. The number of piperazine rings is 1. The number of nitrogens with one attached hydrogen (secondary N) is 1. The third-order valence-corrected chi connectivity index (χ3v) is 6.52. The number of rotatable bonds is 8. The molecule has 4 rings (SSSR count). The summed E-state index contributed by atoms with van der Waals surface area (Å²) in [6.45, 7) is 5.35. The molecule has 3 aromatic rings. The second-order valence-corrected chi connectivity index (χ2v) is 9.20. The first-order chi connectivity index (χ1) is 17.9. The van der Waals surface area contributed by atoms with Gasteiger partial charge in [0, 0.05) is 63.3 Å². The van der Waals surface area contributed by atoms with Crippen molar-refractivity contribution in [2.45, 2.75) is 13.3 Å². The highest BCUT2D eigenvalue weighted by Gasteiger charge is 2.24. The molecule has 1 saturated heterocycles. The molecule has 10 heteroatoms. The van der Waals surface area contributed by atoms with Crippen molar-refractivity contribution in [3.05, 3.63) is 74.7 Å². The number of amides is 1. The summed E-state index contributed by atoms with van der Waals surface area (Å²) in [6, 6.07) is 13.3. The monoisotopic (exact) mass is 520 g/mol. The summed E-state index contributed by atoms with van der Waals surface area (Å²) in [5, 5.41) is 13.1. The fourth-order valence-corrected chi connectivity index (χ4v) is 4.51. The van der Waals surface area contributed by atoms with Crippen LogP contribution in [-0.2, 0) is 9.53 Å². The SMILES string of the molecule is COCCCNC(=O)/C(C#N)=C/c1c(N2CCN(c3cccc(Cl)c3)CC2)nc2c(C)cccn2c1=O. The fourth-order valence-electron chi connectivity index (χ4n) is 4.32. The molecule has 2 aromatic heterocycles. The van der Waals surface area contributed by atoms with Crippen molar-refractivity contribution in [1.82, 2.24) is 14.7 Å². The minimum atomic E-state index is -0.538. The number of methoxy groups -OCH3 is 1. The lowest BCUT2D eigenvalue weighted by molar-refractivity contribution is -0.117. The van der Waals surface area contributed by atoms with E-state index in [0.29, 0.717) is 62.2 Å². The Morgan fingerprint density at radius 1 is 1.22 bits per heavy atom. The van der Waals surface area contributed by atoms with E-state index in [1.165, 1.54) is 10.5 Å². The van der Waals surface area contributed by atoms with E-state index in [9.17, 15) is 14.9 Å². The van der Waals surface area contributed by atoms with Crippen LogP contribution >= 0.6 is 11.6 Å². The predicted molar refractivity (Wildman–Crippen MR) is 145 cm³/mol. The Hall–Kier alpha value is -3.87. The van der Waals surface area contributed by atoms with Crippen molar-refractivity contribution in [2.24, 2.45) is 0 Å². The lowest BCUT2D eigenvalue weighted by Gasteiger charge is -2.37. The Morgan fingerprint density at radius 3 is 2.68 bits per heavy atom. The second-order valence-electron chi connectivity index (χ2n) is 8.77. The second kappa shape index (κ2) is 11.9. The van der Waals surface area contributed by atoms with Gasteiger partial charge in [0.1, 0.15) is 23.1 Å². The van der Waals surface area contributed by atoms with Crippen LogP contribution in [0.3, 0.4) is 0 Å².